The van der Waals surface area contributed by atoms with Crippen LogP contribution in [0.4, 0.5) is 0 Å². The SMILES string of the molecule is Cn1c(=O)n(C(CCC(=O)O)C(=O)O)c2ccc(Br)cc21. The predicted molar refractivity (Wildman–Crippen MR) is 78.4 cm³/mol. The Balaban J connectivity index is 2.62. The highest BCUT2D eigenvalue weighted by atomic mass is 79.9. The van der Waals surface area contributed by atoms with Crippen molar-refractivity contribution >= 4 is 38.9 Å². The molecule has 2 N–H and O–H groups in total. The summed E-state index contributed by atoms with van der Waals surface area (Å²) in [6.07, 6.45) is -0.476. The van der Waals surface area contributed by atoms with Crippen molar-refractivity contribution in [2.24, 2.45) is 7.05 Å². The number of imidazole rings is 1. The number of benzene rings is 1. The largest absolute Gasteiger partial charge is 0.481 e. The van der Waals surface area contributed by atoms with Crippen LogP contribution in [0.5, 0.6) is 0 Å². The third-order valence-corrected chi connectivity index (χ3v) is 3.77. The van der Waals surface area contributed by atoms with Crippen molar-refractivity contribution in [3.63, 3.8) is 0 Å². The first kappa shape index (κ1) is 15.3. The van der Waals surface area contributed by atoms with E-state index in [4.69, 9.17) is 5.11 Å². The summed E-state index contributed by atoms with van der Waals surface area (Å²) >= 11 is 3.30. The molecule has 21 heavy (non-hydrogen) atoms. The van der Waals surface area contributed by atoms with Gasteiger partial charge in [0, 0.05) is 17.9 Å². The molecule has 2 rings (SSSR count). The smallest absolute Gasteiger partial charge is 0.329 e. The van der Waals surface area contributed by atoms with E-state index in [0.29, 0.717) is 11.0 Å². The lowest BCUT2D eigenvalue weighted by atomic mass is 10.1. The molecule has 1 atom stereocenters. The fraction of sp³-hybridized carbons (Fsp3) is 0.308. The Hall–Kier alpha value is -2.09. The Labute approximate surface area is 127 Å². The Bertz CT molecular complexity index is 777. The number of carboxylic acids is 2. The minimum Gasteiger partial charge on any atom is -0.481 e. The summed E-state index contributed by atoms with van der Waals surface area (Å²) in [4.78, 5) is 34.4. The molecule has 0 amide bonds. The topological polar surface area (TPSA) is 102 Å². The molecule has 0 radical (unpaired) electrons. The van der Waals surface area contributed by atoms with Crippen molar-refractivity contribution < 1.29 is 19.8 Å². The average Bonchev–Trinajstić information content (AvgIpc) is 2.63. The first-order chi connectivity index (χ1) is 9.82. The van der Waals surface area contributed by atoms with Gasteiger partial charge in [-0.2, -0.15) is 0 Å². The molecule has 0 fully saturated rings. The van der Waals surface area contributed by atoms with E-state index in [1.165, 1.54) is 4.57 Å². The summed E-state index contributed by atoms with van der Waals surface area (Å²) in [6, 6.07) is 3.84. The van der Waals surface area contributed by atoms with E-state index < -0.39 is 23.7 Å². The van der Waals surface area contributed by atoms with Gasteiger partial charge in [0.05, 0.1) is 11.0 Å². The number of aryl methyl sites for hydroxylation is 1. The minimum atomic E-state index is -1.23. The van der Waals surface area contributed by atoms with Crippen LogP contribution in [0.25, 0.3) is 11.0 Å². The number of carbonyl (C=O) groups is 2. The molecular weight excluding hydrogens is 344 g/mol. The summed E-state index contributed by atoms with van der Waals surface area (Å²) in [6.45, 7) is 0. The molecule has 0 aliphatic heterocycles. The summed E-state index contributed by atoms with van der Waals surface area (Å²) in [5.41, 5.74) is 0.556. The number of fused-ring (bicyclic) bond motifs is 1. The van der Waals surface area contributed by atoms with Crippen molar-refractivity contribution in [2.45, 2.75) is 18.9 Å². The highest BCUT2D eigenvalue weighted by Crippen LogP contribution is 2.23. The van der Waals surface area contributed by atoms with E-state index in [9.17, 15) is 19.5 Å². The standard InChI is InChI=1S/C13H13BrN2O5/c1-15-10-6-7(14)2-3-8(10)16(13(15)21)9(12(19)20)4-5-11(17)18/h2-3,6,9H,4-5H2,1H3,(H,17,18)(H,19,20). The number of rotatable bonds is 5. The van der Waals surface area contributed by atoms with E-state index in [0.717, 1.165) is 9.04 Å². The third-order valence-electron chi connectivity index (χ3n) is 3.28. The average molecular weight is 357 g/mol. The molecule has 0 spiro atoms. The number of nitrogens with zero attached hydrogens (tertiary/aromatic N) is 2. The molecule has 1 aromatic heterocycles. The van der Waals surface area contributed by atoms with E-state index >= 15 is 0 Å². The number of hydrogen-bond donors (Lipinski definition) is 2. The molecule has 0 bridgehead atoms. The zero-order valence-electron chi connectivity index (χ0n) is 11.1. The van der Waals surface area contributed by atoms with Crippen LogP contribution in [0.3, 0.4) is 0 Å². The van der Waals surface area contributed by atoms with Gasteiger partial charge in [-0.3, -0.25) is 13.9 Å². The Kier molecular flexibility index (Phi) is 4.17. The molecule has 0 saturated heterocycles. The zero-order valence-corrected chi connectivity index (χ0v) is 12.7. The van der Waals surface area contributed by atoms with E-state index in [2.05, 4.69) is 15.9 Å². The quantitative estimate of drug-likeness (QED) is 0.846. The first-order valence-corrected chi connectivity index (χ1v) is 6.93. The summed E-state index contributed by atoms with van der Waals surface area (Å²) in [5.74, 6) is -2.33. The maximum atomic E-state index is 12.3. The van der Waals surface area contributed by atoms with Crippen LogP contribution in [-0.4, -0.2) is 31.3 Å². The molecular formula is C13H13BrN2O5. The summed E-state index contributed by atoms with van der Waals surface area (Å²) in [5, 5.41) is 18.0. The molecule has 0 saturated carbocycles. The molecule has 8 heteroatoms. The predicted octanol–water partition coefficient (Wildman–Crippen LogP) is 1.59. The van der Waals surface area contributed by atoms with Gasteiger partial charge in [0.1, 0.15) is 6.04 Å². The number of halogens is 1. The second-order valence-corrected chi connectivity index (χ2v) is 5.55. The fourth-order valence-electron chi connectivity index (χ4n) is 2.26. The Morgan fingerprint density at radius 2 is 1.95 bits per heavy atom. The van der Waals surface area contributed by atoms with Crippen molar-refractivity contribution in [2.75, 3.05) is 0 Å². The molecule has 1 unspecified atom stereocenters. The molecule has 0 aliphatic rings. The normalized spacial score (nSPS) is 12.5. The third kappa shape index (κ3) is 2.85. The van der Waals surface area contributed by atoms with Crippen LogP contribution < -0.4 is 5.69 Å². The lowest BCUT2D eigenvalue weighted by Crippen LogP contribution is -2.31. The van der Waals surface area contributed by atoms with Crippen LogP contribution in [0.1, 0.15) is 18.9 Å². The van der Waals surface area contributed by atoms with Crippen molar-refractivity contribution in [1.29, 1.82) is 0 Å². The minimum absolute atomic E-state index is 0.153. The second-order valence-electron chi connectivity index (χ2n) is 4.63. The van der Waals surface area contributed by atoms with Crippen molar-refractivity contribution in [3.05, 3.63) is 33.2 Å². The van der Waals surface area contributed by atoms with Crippen LogP contribution in [0.2, 0.25) is 0 Å². The molecule has 112 valence electrons. The maximum Gasteiger partial charge on any atom is 0.329 e. The van der Waals surface area contributed by atoms with Crippen molar-refractivity contribution in [1.82, 2.24) is 9.13 Å². The van der Waals surface area contributed by atoms with Crippen molar-refractivity contribution in [3.8, 4) is 0 Å². The second kappa shape index (κ2) is 5.72. The lowest BCUT2D eigenvalue weighted by molar-refractivity contribution is -0.142. The van der Waals surface area contributed by atoms with Gasteiger partial charge in [-0.15, -0.1) is 0 Å². The highest BCUT2D eigenvalue weighted by Gasteiger charge is 2.26. The number of carboxylic acid groups (broad SMARTS) is 2. The Morgan fingerprint density at radius 1 is 1.29 bits per heavy atom. The molecule has 0 aliphatic carbocycles. The highest BCUT2D eigenvalue weighted by molar-refractivity contribution is 9.10. The van der Waals surface area contributed by atoms with E-state index in [1.807, 2.05) is 0 Å². The maximum absolute atomic E-state index is 12.3. The van der Waals surface area contributed by atoms with Gasteiger partial charge in [-0.25, -0.2) is 9.59 Å². The molecule has 7 nitrogen and oxygen atoms in total. The van der Waals surface area contributed by atoms with Gasteiger partial charge in [0.25, 0.3) is 0 Å². The summed E-state index contributed by atoms with van der Waals surface area (Å²) in [7, 11) is 1.55. The van der Waals surface area contributed by atoms with E-state index in [-0.39, 0.29) is 12.8 Å². The summed E-state index contributed by atoms with van der Waals surface area (Å²) < 4.78 is 3.24. The molecule has 2 aromatic rings. The van der Waals surface area contributed by atoms with Gasteiger partial charge in [0.2, 0.25) is 0 Å². The number of hydrogen-bond acceptors (Lipinski definition) is 3. The number of aromatic nitrogens is 2. The number of aliphatic carboxylic acids is 2. The fourth-order valence-corrected chi connectivity index (χ4v) is 2.61. The first-order valence-electron chi connectivity index (χ1n) is 6.14. The lowest BCUT2D eigenvalue weighted by Gasteiger charge is -2.13. The van der Waals surface area contributed by atoms with Gasteiger partial charge < -0.3 is 10.2 Å². The monoisotopic (exact) mass is 356 g/mol. The van der Waals surface area contributed by atoms with E-state index in [1.54, 1.807) is 25.2 Å². The van der Waals surface area contributed by atoms with Crippen LogP contribution >= 0.6 is 15.9 Å². The van der Waals surface area contributed by atoms with Crippen LogP contribution in [0.15, 0.2) is 27.5 Å². The Morgan fingerprint density at radius 3 is 2.52 bits per heavy atom. The molecule has 1 aromatic carbocycles. The van der Waals surface area contributed by atoms with Crippen LogP contribution in [-0.2, 0) is 16.6 Å². The molecule has 1 heterocycles. The zero-order chi connectivity index (χ0) is 15.7. The van der Waals surface area contributed by atoms with Gasteiger partial charge >= 0.3 is 17.6 Å². The van der Waals surface area contributed by atoms with Crippen LogP contribution in [0, 0.1) is 0 Å². The van der Waals surface area contributed by atoms with Gasteiger partial charge in [0.15, 0.2) is 0 Å². The van der Waals surface area contributed by atoms with Gasteiger partial charge in [-0.1, -0.05) is 15.9 Å². The van der Waals surface area contributed by atoms with Gasteiger partial charge in [-0.05, 0) is 24.6 Å².